The summed E-state index contributed by atoms with van der Waals surface area (Å²) in [7, 11) is 0. The minimum Gasteiger partial charge on any atom is -0.508 e. The number of carbonyl (C=O) groups excluding carboxylic acids is 3. The molecule has 178 valence electrons. The van der Waals surface area contributed by atoms with Crippen LogP contribution in [0.1, 0.15) is 72.4 Å². The van der Waals surface area contributed by atoms with E-state index in [0.29, 0.717) is 5.56 Å². The van der Waals surface area contributed by atoms with E-state index in [1.54, 1.807) is 37.8 Å². The number of ether oxygens (including phenoxy) is 1. The third-order valence-corrected chi connectivity index (χ3v) is 5.34. The maximum Gasteiger partial charge on any atom is 0.408 e. The standard InChI is InChI=1S/C24H37N3O5/c1-7-8-16(3)26-22(30)21(17-9-11-18(28)12-10-17)27(19-13-15(19)2)20(29)14-25-23(31)32-24(4,5)6/h9-12,15-16,19,21,28H,7-8,13-14H2,1-6H3,(H,25,31)(H,26,30). The zero-order valence-electron chi connectivity index (χ0n) is 20.0. The van der Waals surface area contributed by atoms with E-state index in [-0.39, 0.29) is 42.1 Å². The van der Waals surface area contributed by atoms with E-state index in [4.69, 9.17) is 4.74 Å². The van der Waals surface area contributed by atoms with Crippen LogP contribution in [0.2, 0.25) is 0 Å². The molecule has 0 radical (unpaired) electrons. The van der Waals surface area contributed by atoms with Gasteiger partial charge in [0.15, 0.2) is 0 Å². The molecule has 1 aliphatic carbocycles. The Morgan fingerprint density at radius 1 is 1.22 bits per heavy atom. The molecule has 0 bridgehead atoms. The fourth-order valence-corrected chi connectivity index (χ4v) is 3.69. The van der Waals surface area contributed by atoms with Gasteiger partial charge in [-0.15, -0.1) is 0 Å². The number of aromatic hydroxyl groups is 1. The van der Waals surface area contributed by atoms with Crippen molar-refractivity contribution in [1.82, 2.24) is 15.5 Å². The number of nitrogens with zero attached hydrogens (tertiary/aromatic N) is 1. The van der Waals surface area contributed by atoms with Crippen molar-refractivity contribution in [3.63, 3.8) is 0 Å². The van der Waals surface area contributed by atoms with Crippen LogP contribution >= 0.6 is 0 Å². The summed E-state index contributed by atoms with van der Waals surface area (Å²) in [4.78, 5) is 40.2. The van der Waals surface area contributed by atoms with E-state index >= 15 is 0 Å². The molecular formula is C24H37N3O5. The molecule has 1 aliphatic rings. The molecule has 8 nitrogen and oxygen atoms in total. The van der Waals surface area contributed by atoms with Crippen molar-refractivity contribution < 1.29 is 24.2 Å². The molecule has 32 heavy (non-hydrogen) atoms. The zero-order valence-corrected chi connectivity index (χ0v) is 20.0. The van der Waals surface area contributed by atoms with E-state index < -0.39 is 17.7 Å². The maximum absolute atomic E-state index is 13.3. The van der Waals surface area contributed by atoms with E-state index in [1.807, 2.05) is 20.8 Å². The van der Waals surface area contributed by atoms with Crippen LogP contribution in [0.25, 0.3) is 0 Å². The van der Waals surface area contributed by atoms with Gasteiger partial charge in [-0.05, 0) is 64.2 Å². The number of carbonyl (C=O) groups is 3. The van der Waals surface area contributed by atoms with Crippen LogP contribution in [-0.4, -0.2) is 52.1 Å². The lowest BCUT2D eigenvalue weighted by molar-refractivity contribution is -0.141. The number of rotatable bonds is 9. The van der Waals surface area contributed by atoms with E-state index in [2.05, 4.69) is 10.6 Å². The summed E-state index contributed by atoms with van der Waals surface area (Å²) >= 11 is 0. The third-order valence-electron chi connectivity index (χ3n) is 5.34. The first-order valence-corrected chi connectivity index (χ1v) is 11.3. The Morgan fingerprint density at radius 3 is 2.31 bits per heavy atom. The minimum absolute atomic E-state index is 0.0411. The van der Waals surface area contributed by atoms with Gasteiger partial charge >= 0.3 is 6.09 Å². The van der Waals surface area contributed by atoms with E-state index in [0.717, 1.165) is 19.3 Å². The molecule has 4 atom stereocenters. The second kappa shape index (κ2) is 10.7. The third kappa shape index (κ3) is 7.43. The van der Waals surface area contributed by atoms with Gasteiger partial charge in [0.1, 0.15) is 23.9 Å². The van der Waals surface area contributed by atoms with Gasteiger partial charge in [-0.2, -0.15) is 0 Å². The molecular weight excluding hydrogens is 410 g/mol. The fraction of sp³-hybridized carbons (Fsp3) is 0.625. The van der Waals surface area contributed by atoms with Gasteiger partial charge in [0.05, 0.1) is 0 Å². The molecule has 3 amide bonds. The predicted octanol–water partition coefficient (Wildman–Crippen LogP) is 3.50. The summed E-state index contributed by atoms with van der Waals surface area (Å²) in [6, 6.07) is 5.30. The van der Waals surface area contributed by atoms with Gasteiger partial charge in [-0.3, -0.25) is 9.59 Å². The first-order chi connectivity index (χ1) is 14.9. The van der Waals surface area contributed by atoms with Gasteiger partial charge in [0, 0.05) is 12.1 Å². The number of phenolic OH excluding ortho intramolecular Hbond substituents is 1. The second-order valence-corrected chi connectivity index (χ2v) is 9.63. The lowest BCUT2D eigenvalue weighted by Gasteiger charge is -2.33. The molecule has 3 N–H and O–H groups in total. The smallest absolute Gasteiger partial charge is 0.408 e. The molecule has 0 heterocycles. The van der Waals surface area contributed by atoms with Crippen molar-refractivity contribution in [1.29, 1.82) is 0 Å². The largest absolute Gasteiger partial charge is 0.508 e. The topological polar surface area (TPSA) is 108 Å². The van der Waals surface area contributed by atoms with Crippen LogP contribution < -0.4 is 10.6 Å². The summed E-state index contributed by atoms with van der Waals surface area (Å²) < 4.78 is 5.22. The molecule has 0 aliphatic heterocycles. The summed E-state index contributed by atoms with van der Waals surface area (Å²) in [5.41, 5.74) is -0.0736. The highest BCUT2D eigenvalue weighted by molar-refractivity contribution is 5.91. The molecule has 0 aromatic heterocycles. The van der Waals surface area contributed by atoms with Crippen molar-refractivity contribution in [3.8, 4) is 5.75 Å². The highest BCUT2D eigenvalue weighted by Gasteiger charge is 2.46. The SMILES string of the molecule is CCCC(C)NC(=O)C(c1ccc(O)cc1)N(C(=O)CNC(=O)OC(C)(C)C)C1CC1C. The lowest BCUT2D eigenvalue weighted by Crippen LogP contribution is -2.50. The van der Waals surface area contributed by atoms with Crippen molar-refractivity contribution in [3.05, 3.63) is 29.8 Å². The van der Waals surface area contributed by atoms with E-state index in [1.165, 1.54) is 12.1 Å². The zero-order chi connectivity index (χ0) is 24.1. The van der Waals surface area contributed by atoms with Crippen LogP contribution in [0.4, 0.5) is 4.79 Å². The highest BCUT2D eigenvalue weighted by Crippen LogP contribution is 2.40. The Kier molecular flexibility index (Phi) is 8.52. The number of hydrogen-bond donors (Lipinski definition) is 3. The quantitative estimate of drug-likeness (QED) is 0.537. The number of nitrogens with one attached hydrogen (secondary N) is 2. The molecule has 1 fully saturated rings. The van der Waals surface area contributed by atoms with Gasteiger partial charge in [-0.1, -0.05) is 32.4 Å². The van der Waals surface area contributed by atoms with Crippen LogP contribution in [0.5, 0.6) is 5.75 Å². The van der Waals surface area contributed by atoms with Crippen LogP contribution in [0.3, 0.4) is 0 Å². The number of phenols is 1. The average molecular weight is 448 g/mol. The first kappa shape index (κ1) is 25.5. The van der Waals surface area contributed by atoms with Crippen molar-refractivity contribution in [2.24, 2.45) is 5.92 Å². The van der Waals surface area contributed by atoms with Gasteiger partial charge in [0.25, 0.3) is 0 Å². The van der Waals surface area contributed by atoms with Crippen molar-refractivity contribution in [2.45, 2.75) is 84.5 Å². The molecule has 0 saturated heterocycles. The Labute approximate surface area is 190 Å². The van der Waals surface area contributed by atoms with Gasteiger partial charge in [0.2, 0.25) is 11.8 Å². The average Bonchev–Trinajstić information content (AvgIpc) is 3.39. The second-order valence-electron chi connectivity index (χ2n) is 9.63. The summed E-state index contributed by atoms with van der Waals surface area (Å²) in [6.45, 7) is 11.0. The maximum atomic E-state index is 13.3. The van der Waals surface area contributed by atoms with E-state index in [9.17, 15) is 19.5 Å². The Morgan fingerprint density at radius 2 is 1.81 bits per heavy atom. The summed E-state index contributed by atoms with van der Waals surface area (Å²) in [6.07, 6.45) is 1.84. The van der Waals surface area contributed by atoms with Crippen LogP contribution in [-0.2, 0) is 14.3 Å². The van der Waals surface area contributed by atoms with Crippen LogP contribution in [0.15, 0.2) is 24.3 Å². The normalized spacial score (nSPS) is 19.4. The molecule has 0 spiro atoms. The highest BCUT2D eigenvalue weighted by atomic mass is 16.6. The molecule has 2 rings (SSSR count). The first-order valence-electron chi connectivity index (χ1n) is 11.3. The molecule has 1 saturated carbocycles. The van der Waals surface area contributed by atoms with Gasteiger partial charge < -0.3 is 25.4 Å². The minimum atomic E-state index is -0.863. The predicted molar refractivity (Wildman–Crippen MR) is 122 cm³/mol. The Hall–Kier alpha value is -2.77. The van der Waals surface area contributed by atoms with Crippen LogP contribution in [0, 0.1) is 5.92 Å². The van der Waals surface area contributed by atoms with Crippen molar-refractivity contribution in [2.75, 3.05) is 6.54 Å². The molecule has 1 aromatic rings. The number of amides is 3. The monoisotopic (exact) mass is 447 g/mol. The molecule has 8 heteroatoms. The summed E-state index contributed by atoms with van der Waals surface area (Å²) in [5, 5.41) is 15.2. The Bertz CT molecular complexity index is 803. The van der Waals surface area contributed by atoms with Gasteiger partial charge in [-0.25, -0.2) is 4.79 Å². The van der Waals surface area contributed by atoms with Crippen molar-refractivity contribution >= 4 is 17.9 Å². The number of hydrogen-bond acceptors (Lipinski definition) is 5. The fourth-order valence-electron chi connectivity index (χ4n) is 3.69. The lowest BCUT2D eigenvalue weighted by atomic mass is 10.0. The summed E-state index contributed by atoms with van der Waals surface area (Å²) in [5.74, 6) is -0.305. The molecule has 1 aromatic carbocycles. The Balaban J connectivity index is 2.28. The number of alkyl carbamates (subject to hydrolysis) is 1. The molecule has 4 unspecified atom stereocenters. The number of benzene rings is 1.